The fourth-order valence-electron chi connectivity index (χ4n) is 2.30. The van der Waals surface area contributed by atoms with E-state index in [-0.39, 0.29) is 12.0 Å². The molecule has 2 rings (SSSR count). The normalized spacial score (nSPS) is 27.9. The molecule has 0 radical (unpaired) electrons. The molecule has 0 bridgehead atoms. The molecule has 1 nitrogen and oxygen atoms in total. The lowest BCUT2D eigenvalue weighted by atomic mass is 9.91. The van der Waals surface area contributed by atoms with Crippen molar-refractivity contribution in [2.75, 3.05) is 0 Å². The maximum Gasteiger partial charge on any atom is 0.399 e. The summed E-state index contributed by atoms with van der Waals surface area (Å²) in [7, 11) is 0. The minimum atomic E-state index is -4.48. The summed E-state index contributed by atoms with van der Waals surface area (Å²) in [6.45, 7) is 1.15. The van der Waals surface area contributed by atoms with Crippen molar-refractivity contribution >= 4 is 5.78 Å². The number of hydrogen-bond donors (Lipinski definition) is 0. The number of alkyl halides is 3. The van der Waals surface area contributed by atoms with Crippen LogP contribution in [0.1, 0.15) is 18.9 Å². The Hall–Kier alpha value is -1.39. The Labute approximate surface area is 95.4 Å². The van der Waals surface area contributed by atoms with E-state index in [1.54, 1.807) is 0 Å². The average molecular weight is 246 g/mol. The van der Waals surface area contributed by atoms with Crippen LogP contribution >= 0.6 is 0 Å². The Morgan fingerprint density at radius 3 is 2.18 bits per heavy atom. The van der Waals surface area contributed by atoms with Gasteiger partial charge in [0.15, 0.2) is 0 Å². The molecule has 0 aliphatic heterocycles. The summed E-state index contributed by atoms with van der Waals surface area (Å²) >= 11 is 0. The van der Waals surface area contributed by atoms with Crippen molar-refractivity contribution < 1.29 is 22.4 Å². The predicted molar refractivity (Wildman–Crippen MR) is 52.9 cm³/mol. The number of carbonyl (C=O) groups is 1. The Morgan fingerprint density at radius 1 is 1.29 bits per heavy atom. The summed E-state index contributed by atoms with van der Waals surface area (Å²) < 4.78 is 51.8. The summed E-state index contributed by atoms with van der Waals surface area (Å²) in [6, 6.07) is 4.17. The second kappa shape index (κ2) is 3.55. The topological polar surface area (TPSA) is 17.1 Å². The summed E-state index contributed by atoms with van der Waals surface area (Å²) in [5.74, 6) is -2.11. The lowest BCUT2D eigenvalue weighted by Gasteiger charge is -2.21. The molecule has 0 heterocycles. The Balaban J connectivity index is 2.44. The lowest BCUT2D eigenvalue weighted by molar-refractivity contribution is -0.166. The van der Waals surface area contributed by atoms with Crippen LogP contribution in [0.3, 0.4) is 0 Å². The van der Waals surface area contributed by atoms with Gasteiger partial charge in [0.25, 0.3) is 0 Å². The van der Waals surface area contributed by atoms with Gasteiger partial charge in [-0.2, -0.15) is 13.2 Å². The molecule has 17 heavy (non-hydrogen) atoms. The van der Waals surface area contributed by atoms with Crippen LogP contribution in [0.15, 0.2) is 24.3 Å². The van der Waals surface area contributed by atoms with E-state index >= 15 is 0 Å². The van der Waals surface area contributed by atoms with Crippen LogP contribution < -0.4 is 0 Å². The zero-order valence-electron chi connectivity index (χ0n) is 9.01. The van der Waals surface area contributed by atoms with Gasteiger partial charge in [-0.15, -0.1) is 0 Å². The quantitative estimate of drug-likeness (QED) is 0.732. The summed E-state index contributed by atoms with van der Waals surface area (Å²) in [4.78, 5) is 11.1. The van der Waals surface area contributed by atoms with Gasteiger partial charge in [-0.25, -0.2) is 4.39 Å². The number of rotatable bonds is 2. The van der Waals surface area contributed by atoms with Gasteiger partial charge in [0.1, 0.15) is 17.0 Å². The fourth-order valence-corrected chi connectivity index (χ4v) is 2.30. The Morgan fingerprint density at radius 2 is 1.82 bits per heavy atom. The van der Waals surface area contributed by atoms with E-state index < -0.39 is 29.1 Å². The first kappa shape index (κ1) is 12.1. The van der Waals surface area contributed by atoms with Crippen molar-refractivity contribution in [3.63, 3.8) is 0 Å². The van der Waals surface area contributed by atoms with Gasteiger partial charge in [0.2, 0.25) is 0 Å². The number of carbonyl (C=O) groups excluding carboxylic acids is 1. The zero-order chi connectivity index (χ0) is 12.8. The molecule has 0 saturated heterocycles. The van der Waals surface area contributed by atoms with E-state index in [2.05, 4.69) is 0 Å². The summed E-state index contributed by atoms with van der Waals surface area (Å²) in [6.07, 6.45) is -4.72. The zero-order valence-corrected chi connectivity index (χ0v) is 9.01. The third kappa shape index (κ3) is 1.73. The monoisotopic (exact) mass is 246 g/mol. The highest BCUT2D eigenvalue weighted by molar-refractivity contribution is 5.84. The molecule has 1 aromatic carbocycles. The van der Waals surface area contributed by atoms with E-state index in [0.717, 1.165) is 31.2 Å². The van der Waals surface area contributed by atoms with Crippen LogP contribution in [0.25, 0.3) is 0 Å². The molecule has 1 saturated carbocycles. The smallest absolute Gasteiger partial charge is 0.300 e. The molecule has 0 aromatic heterocycles. The molecule has 5 heteroatoms. The lowest BCUT2D eigenvalue weighted by Crippen LogP contribution is -2.32. The van der Waals surface area contributed by atoms with E-state index in [9.17, 15) is 22.4 Å². The number of Topliss-reactive ketones (excluding diaryl/α,β-unsaturated/α-hetero) is 1. The van der Waals surface area contributed by atoms with Crippen molar-refractivity contribution in [3.8, 4) is 0 Å². The Kier molecular flexibility index (Phi) is 2.52. The largest absolute Gasteiger partial charge is 0.399 e. The standard InChI is InChI=1S/C12H10F4O/c1-7(17)10-6-11(10,12(14,15)16)8-2-4-9(13)5-3-8/h2-5,10H,6H2,1H3/t10-,11-/m1/s1. The molecule has 0 unspecified atom stereocenters. The predicted octanol–water partition coefficient (Wildman–Crippen LogP) is 3.23. The van der Waals surface area contributed by atoms with E-state index in [1.165, 1.54) is 0 Å². The van der Waals surface area contributed by atoms with Gasteiger partial charge in [-0.1, -0.05) is 12.1 Å². The molecule has 2 atom stereocenters. The summed E-state index contributed by atoms with van der Waals surface area (Å²) in [5.41, 5.74) is -2.14. The maximum absolute atomic E-state index is 13.0. The van der Waals surface area contributed by atoms with Crippen LogP contribution in [0, 0.1) is 11.7 Å². The van der Waals surface area contributed by atoms with Crippen LogP contribution in [0.5, 0.6) is 0 Å². The minimum absolute atomic E-state index is 0.0356. The van der Waals surface area contributed by atoms with E-state index in [0.29, 0.717) is 0 Å². The van der Waals surface area contributed by atoms with Gasteiger partial charge in [-0.05, 0) is 31.0 Å². The Bertz CT molecular complexity index is 449. The SMILES string of the molecule is CC(=O)[C@H]1C[C@]1(c1ccc(F)cc1)C(F)(F)F. The van der Waals surface area contributed by atoms with Gasteiger partial charge >= 0.3 is 6.18 Å². The molecular weight excluding hydrogens is 236 g/mol. The number of benzene rings is 1. The van der Waals surface area contributed by atoms with Gasteiger partial charge < -0.3 is 0 Å². The highest BCUT2D eigenvalue weighted by atomic mass is 19.4. The summed E-state index contributed by atoms with van der Waals surface area (Å²) in [5, 5.41) is 0. The molecular formula is C12H10F4O. The highest BCUT2D eigenvalue weighted by Crippen LogP contribution is 2.63. The third-order valence-electron chi connectivity index (χ3n) is 3.32. The average Bonchev–Trinajstić information content (AvgIpc) is 2.94. The number of halogens is 4. The van der Waals surface area contributed by atoms with Crippen LogP contribution in [0.4, 0.5) is 17.6 Å². The maximum atomic E-state index is 13.0. The van der Waals surface area contributed by atoms with Gasteiger partial charge in [0, 0.05) is 5.92 Å². The van der Waals surface area contributed by atoms with Crippen molar-refractivity contribution in [2.24, 2.45) is 5.92 Å². The van der Waals surface area contributed by atoms with Crippen LogP contribution in [-0.4, -0.2) is 12.0 Å². The molecule has 92 valence electrons. The second-order valence-electron chi connectivity index (χ2n) is 4.34. The molecule has 1 aliphatic rings. The second-order valence-corrected chi connectivity index (χ2v) is 4.34. The molecule has 0 spiro atoms. The first-order chi connectivity index (χ1) is 7.79. The fraction of sp³-hybridized carbons (Fsp3) is 0.417. The first-order valence-corrected chi connectivity index (χ1v) is 5.12. The molecule has 1 aliphatic carbocycles. The van der Waals surface area contributed by atoms with Crippen LogP contribution in [0.2, 0.25) is 0 Å². The van der Waals surface area contributed by atoms with Crippen molar-refractivity contribution in [3.05, 3.63) is 35.6 Å². The van der Waals surface area contributed by atoms with Crippen molar-refractivity contribution in [1.82, 2.24) is 0 Å². The molecule has 1 fully saturated rings. The van der Waals surface area contributed by atoms with Crippen LogP contribution in [-0.2, 0) is 10.2 Å². The van der Waals surface area contributed by atoms with Crippen molar-refractivity contribution in [2.45, 2.75) is 24.9 Å². The minimum Gasteiger partial charge on any atom is -0.300 e. The van der Waals surface area contributed by atoms with E-state index in [4.69, 9.17) is 0 Å². The third-order valence-corrected chi connectivity index (χ3v) is 3.32. The molecule has 0 amide bonds. The van der Waals surface area contributed by atoms with E-state index in [1.807, 2.05) is 0 Å². The molecule has 0 N–H and O–H groups in total. The van der Waals surface area contributed by atoms with Gasteiger partial charge in [0.05, 0.1) is 0 Å². The highest BCUT2D eigenvalue weighted by Gasteiger charge is 2.72. The first-order valence-electron chi connectivity index (χ1n) is 5.12. The number of ketones is 1. The molecule has 1 aromatic rings. The number of hydrogen-bond acceptors (Lipinski definition) is 1. The van der Waals surface area contributed by atoms with Gasteiger partial charge in [-0.3, -0.25) is 4.79 Å². The van der Waals surface area contributed by atoms with Crippen molar-refractivity contribution in [1.29, 1.82) is 0 Å².